The maximum Gasteiger partial charge on any atom is 0.268 e. The first-order valence-electron chi connectivity index (χ1n) is 13.2. The molecule has 5 aromatic carbocycles. The Hall–Kier alpha value is -5.82. The smallest absolute Gasteiger partial charge is 0.268 e. The molecule has 2 aliphatic heterocycles. The van der Waals surface area contributed by atoms with E-state index in [-0.39, 0.29) is 5.95 Å². The van der Waals surface area contributed by atoms with Crippen molar-refractivity contribution in [3.8, 4) is 22.6 Å². The number of hydrogen-bond acceptors (Lipinski definition) is 6. The van der Waals surface area contributed by atoms with E-state index in [2.05, 4.69) is 23.2 Å². The SMILES string of the molecule is O=C1c2ccc(-c3cccc4ccccc34)cc2C(=O)N1c1nccc(N2c3ccccc3Oc3ccccc32)n1. The fourth-order valence-corrected chi connectivity index (χ4v) is 5.59. The number of carbonyl (C=O) groups excluding carboxylic acids is 2. The average molecular weight is 533 g/mol. The molecule has 0 radical (unpaired) electrons. The molecule has 2 aliphatic rings. The largest absolute Gasteiger partial charge is 0.453 e. The second-order valence-electron chi connectivity index (χ2n) is 9.82. The van der Waals surface area contributed by atoms with Gasteiger partial charge in [0.25, 0.3) is 11.8 Å². The molecule has 8 rings (SSSR count). The van der Waals surface area contributed by atoms with E-state index >= 15 is 0 Å². The summed E-state index contributed by atoms with van der Waals surface area (Å²) in [6.07, 6.45) is 1.56. The highest BCUT2D eigenvalue weighted by atomic mass is 16.5. The van der Waals surface area contributed by atoms with E-state index in [1.165, 1.54) is 0 Å². The fourth-order valence-electron chi connectivity index (χ4n) is 5.59. The first-order chi connectivity index (χ1) is 20.2. The zero-order valence-corrected chi connectivity index (χ0v) is 21.6. The molecule has 0 saturated carbocycles. The molecule has 2 amide bonds. The van der Waals surface area contributed by atoms with Crippen LogP contribution in [0.2, 0.25) is 0 Å². The molecular weight excluding hydrogens is 512 g/mol. The molecule has 3 heterocycles. The van der Waals surface area contributed by atoms with Crippen molar-refractivity contribution in [2.24, 2.45) is 0 Å². The van der Waals surface area contributed by atoms with Gasteiger partial charge in [0.2, 0.25) is 5.95 Å². The van der Waals surface area contributed by atoms with E-state index < -0.39 is 11.8 Å². The van der Waals surface area contributed by atoms with Crippen molar-refractivity contribution < 1.29 is 14.3 Å². The highest BCUT2D eigenvalue weighted by Crippen LogP contribution is 2.49. The maximum atomic E-state index is 13.7. The van der Waals surface area contributed by atoms with Gasteiger partial charge in [0, 0.05) is 6.20 Å². The van der Waals surface area contributed by atoms with Gasteiger partial charge in [0.1, 0.15) is 5.82 Å². The van der Waals surface area contributed by atoms with Gasteiger partial charge in [-0.05, 0) is 64.4 Å². The molecule has 0 unspecified atom stereocenters. The van der Waals surface area contributed by atoms with Crippen molar-refractivity contribution >= 4 is 45.7 Å². The second-order valence-corrected chi connectivity index (χ2v) is 9.82. The number of benzene rings is 5. The Morgan fingerprint density at radius 3 is 2.07 bits per heavy atom. The predicted octanol–water partition coefficient (Wildman–Crippen LogP) is 7.67. The summed E-state index contributed by atoms with van der Waals surface area (Å²) < 4.78 is 6.11. The van der Waals surface area contributed by atoms with Crippen molar-refractivity contribution in [1.29, 1.82) is 0 Å². The highest BCUT2D eigenvalue weighted by Gasteiger charge is 2.39. The third kappa shape index (κ3) is 3.53. The minimum Gasteiger partial charge on any atom is -0.453 e. The van der Waals surface area contributed by atoms with Crippen LogP contribution in [0.3, 0.4) is 0 Å². The zero-order chi connectivity index (χ0) is 27.5. The number of nitrogens with zero attached hydrogens (tertiary/aromatic N) is 4. The molecule has 41 heavy (non-hydrogen) atoms. The van der Waals surface area contributed by atoms with Crippen LogP contribution in [0.15, 0.2) is 121 Å². The van der Waals surface area contributed by atoms with Gasteiger partial charge in [-0.15, -0.1) is 0 Å². The van der Waals surface area contributed by atoms with E-state index in [0.29, 0.717) is 28.4 Å². The number of aromatic nitrogens is 2. The van der Waals surface area contributed by atoms with Crippen molar-refractivity contribution in [2.75, 3.05) is 9.80 Å². The molecule has 7 heteroatoms. The van der Waals surface area contributed by atoms with Gasteiger partial charge in [0.05, 0.1) is 22.5 Å². The molecule has 1 aromatic heterocycles. The first kappa shape index (κ1) is 23.1. The monoisotopic (exact) mass is 532 g/mol. The molecule has 6 aromatic rings. The third-order valence-corrected chi connectivity index (χ3v) is 7.48. The zero-order valence-electron chi connectivity index (χ0n) is 21.6. The van der Waals surface area contributed by atoms with Crippen molar-refractivity contribution in [3.63, 3.8) is 0 Å². The molecular formula is C34H20N4O3. The number of ether oxygens (including phenoxy) is 1. The van der Waals surface area contributed by atoms with Crippen LogP contribution in [0.1, 0.15) is 20.7 Å². The lowest BCUT2D eigenvalue weighted by Crippen LogP contribution is -2.31. The summed E-state index contributed by atoms with van der Waals surface area (Å²) in [5.74, 6) is 0.968. The molecule has 0 N–H and O–H groups in total. The van der Waals surface area contributed by atoms with Gasteiger partial charge in [-0.25, -0.2) is 9.88 Å². The fraction of sp³-hybridized carbons (Fsp3) is 0. The standard InChI is InChI=1S/C34H20N4O3/c39-32-25-17-16-22(24-11-7-9-21-8-1-2-10-23(21)24)20-26(25)33(40)38(32)34-35-19-18-31(36-34)37-27-12-3-5-14-29(27)41-30-15-6-4-13-28(30)37/h1-20H. The van der Waals surface area contributed by atoms with Gasteiger partial charge in [-0.2, -0.15) is 4.98 Å². The number of amides is 2. The summed E-state index contributed by atoms with van der Waals surface area (Å²) >= 11 is 0. The number of para-hydroxylation sites is 4. The molecule has 0 atom stereocenters. The summed E-state index contributed by atoms with van der Waals surface area (Å²) in [4.78, 5) is 39.3. The predicted molar refractivity (Wildman–Crippen MR) is 157 cm³/mol. The van der Waals surface area contributed by atoms with Crippen LogP contribution in [0, 0.1) is 0 Å². The maximum absolute atomic E-state index is 13.7. The van der Waals surface area contributed by atoms with E-state index in [4.69, 9.17) is 9.72 Å². The number of fused-ring (bicyclic) bond motifs is 4. The summed E-state index contributed by atoms with van der Waals surface area (Å²) in [6, 6.07) is 36.6. The molecule has 0 fully saturated rings. The van der Waals surface area contributed by atoms with Gasteiger partial charge < -0.3 is 4.74 Å². The Balaban J connectivity index is 1.20. The van der Waals surface area contributed by atoms with Gasteiger partial charge >= 0.3 is 0 Å². The number of rotatable bonds is 3. The summed E-state index contributed by atoms with van der Waals surface area (Å²) in [7, 11) is 0. The Labute approximate surface area is 234 Å². The lowest BCUT2D eigenvalue weighted by atomic mass is 9.95. The first-order valence-corrected chi connectivity index (χ1v) is 13.2. The molecule has 0 saturated heterocycles. The molecule has 194 valence electrons. The van der Waals surface area contributed by atoms with E-state index in [0.717, 1.165) is 38.2 Å². The van der Waals surface area contributed by atoms with Crippen LogP contribution < -0.4 is 14.5 Å². The summed E-state index contributed by atoms with van der Waals surface area (Å²) in [6.45, 7) is 0. The summed E-state index contributed by atoms with van der Waals surface area (Å²) in [5.41, 5.74) is 4.09. The van der Waals surface area contributed by atoms with Crippen LogP contribution in [0.25, 0.3) is 21.9 Å². The van der Waals surface area contributed by atoms with Crippen LogP contribution in [0.5, 0.6) is 11.5 Å². The number of imide groups is 1. The van der Waals surface area contributed by atoms with Gasteiger partial charge in [-0.3, -0.25) is 14.5 Å². The second kappa shape index (κ2) is 8.86. The van der Waals surface area contributed by atoms with Crippen LogP contribution in [0.4, 0.5) is 23.1 Å². The van der Waals surface area contributed by atoms with Gasteiger partial charge in [0.15, 0.2) is 11.5 Å². The molecule has 0 aliphatic carbocycles. The lowest BCUT2D eigenvalue weighted by Gasteiger charge is -2.32. The normalized spacial score (nSPS) is 13.6. The lowest BCUT2D eigenvalue weighted by molar-refractivity contribution is 0.0924. The van der Waals surface area contributed by atoms with Crippen molar-refractivity contribution in [1.82, 2.24) is 9.97 Å². The van der Waals surface area contributed by atoms with E-state index in [1.807, 2.05) is 83.8 Å². The molecule has 0 bridgehead atoms. The van der Waals surface area contributed by atoms with Crippen molar-refractivity contribution in [3.05, 3.63) is 133 Å². The van der Waals surface area contributed by atoms with Crippen LogP contribution in [-0.2, 0) is 0 Å². The van der Waals surface area contributed by atoms with E-state index in [9.17, 15) is 9.59 Å². The number of anilines is 4. The van der Waals surface area contributed by atoms with Crippen LogP contribution in [-0.4, -0.2) is 21.8 Å². The minimum absolute atomic E-state index is 0.0156. The Bertz CT molecular complexity index is 2000. The number of carbonyl (C=O) groups is 2. The third-order valence-electron chi connectivity index (χ3n) is 7.48. The average Bonchev–Trinajstić information content (AvgIpc) is 3.28. The highest BCUT2D eigenvalue weighted by molar-refractivity contribution is 6.34. The van der Waals surface area contributed by atoms with Gasteiger partial charge in [-0.1, -0.05) is 72.8 Å². The molecule has 7 nitrogen and oxygen atoms in total. The Morgan fingerprint density at radius 2 is 1.27 bits per heavy atom. The minimum atomic E-state index is -0.452. The topological polar surface area (TPSA) is 75.6 Å². The van der Waals surface area contributed by atoms with E-state index in [1.54, 1.807) is 24.4 Å². The molecule has 0 spiro atoms. The Morgan fingerprint density at radius 1 is 0.585 bits per heavy atom. The number of hydrogen-bond donors (Lipinski definition) is 0. The van der Waals surface area contributed by atoms with Crippen LogP contribution >= 0.6 is 0 Å². The summed E-state index contributed by atoms with van der Waals surface area (Å²) in [5, 5.41) is 2.18. The quantitative estimate of drug-likeness (QED) is 0.217. The Kier molecular flexibility index (Phi) is 4.99. The van der Waals surface area contributed by atoms with Crippen molar-refractivity contribution in [2.45, 2.75) is 0 Å².